The third-order valence-corrected chi connectivity index (χ3v) is 4.22. The van der Waals surface area contributed by atoms with Crippen LogP contribution in [0.15, 0.2) is 29.3 Å². The normalized spacial score (nSPS) is 13.2. The van der Waals surface area contributed by atoms with Crippen molar-refractivity contribution >= 4 is 26.6 Å². The molecule has 1 aromatic carbocycles. The number of alkyl halides is 4. The molecule has 0 amide bonds. The molecule has 0 atom stereocenters. The molecule has 1 heterocycles. The van der Waals surface area contributed by atoms with Gasteiger partial charge in [-0.3, -0.25) is 0 Å². The zero-order chi connectivity index (χ0) is 15.8. The predicted molar refractivity (Wildman–Crippen MR) is 68.9 cm³/mol. The highest BCUT2D eigenvalue weighted by Crippen LogP contribution is 2.26. The topological polar surface area (TPSA) is 88.0 Å². The maximum absolute atomic E-state index is 12.8. The van der Waals surface area contributed by atoms with Crippen LogP contribution in [-0.2, 0) is 10.0 Å². The highest BCUT2D eigenvalue weighted by molar-refractivity contribution is 7.89. The third-order valence-electron chi connectivity index (χ3n) is 2.77. The first-order valence-electron chi connectivity index (χ1n) is 5.66. The van der Waals surface area contributed by atoms with Crippen molar-refractivity contribution in [3.05, 3.63) is 24.4 Å². The van der Waals surface area contributed by atoms with Gasteiger partial charge in [0.05, 0.1) is 6.54 Å². The van der Waals surface area contributed by atoms with E-state index in [2.05, 4.69) is 4.98 Å². The summed E-state index contributed by atoms with van der Waals surface area (Å²) in [6.07, 6.45) is -2.88. The number of benzene rings is 1. The number of aromatic amines is 1. The second-order valence-electron chi connectivity index (χ2n) is 4.34. The molecule has 0 saturated carbocycles. The number of sulfonamides is 1. The highest BCUT2D eigenvalue weighted by Gasteiger charge is 2.41. The third kappa shape index (κ3) is 3.10. The molecule has 2 rings (SSSR count). The van der Waals surface area contributed by atoms with Crippen LogP contribution in [0.2, 0.25) is 0 Å². The Morgan fingerprint density at radius 3 is 2.62 bits per heavy atom. The van der Waals surface area contributed by atoms with Gasteiger partial charge in [-0.15, -0.1) is 0 Å². The van der Waals surface area contributed by atoms with E-state index in [4.69, 9.17) is 5.73 Å². The molecule has 0 spiro atoms. The average Bonchev–Trinajstić information content (AvgIpc) is 2.80. The lowest BCUT2D eigenvalue weighted by Gasteiger charge is -2.15. The van der Waals surface area contributed by atoms with Gasteiger partial charge in [0.15, 0.2) is 0 Å². The SMILES string of the molecule is Nc1ccc2c(S(=O)(=O)NCC(F)(F)C(F)F)c[nH]c2c1. The quantitative estimate of drug-likeness (QED) is 0.580. The first-order valence-corrected chi connectivity index (χ1v) is 7.14. The minimum atomic E-state index is -4.44. The Morgan fingerprint density at radius 2 is 2.00 bits per heavy atom. The monoisotopic (exact) mass is 325 g/mol. The molecule has 0 saturated heterocycles. The number of halogens is 4. The van der Waals surface area contributed by atoms with Gasteiger partial charge >= 0.3 is 12.3 Å². The van der Waals surface area contributed by atoms with Gasteiger partial charge in [-0.2, -0.15) is 8.78 Å². The first-order chi connectivity index (χ1) is 9.63. The summed E-state index contributed by atoms with van der Waals surface area (Å²) in [5, 5.41) is 0.220. The second kappa shape index (κ2) is 5.19. The van der Waals surface area contributed by atoms with Crippen LogP contribution in [0.1, 0.15) is 0 Å². The Hall–Kier alpha value is -1.81. The Bertz CT molecular complexity index is 758. The average molecular weight is 325 g/mol. The maximum Gasteiger partial charge on any atom is 0.320 e. The molecule has 116 valence electrons. The van der Waals surface area contributed by atoms with E-state index in [1.54, 1.807) is 0 Å². The van der Waals surface area contributed by atoms with Gasteiger partial charge < -0.3 is 10.7 Å². The molecule has 0 aliphatic rings. The summed E-state index contributed by atoms with van der Waals surface area (Å²) >= 11 is 0. The number of nitrogen functional groups attached to an aromatic ring is 1. The summed E-state index contributed by atoms with van der Waals surface area (Å²) in [7, 11) is -4.36. The van der Waals surface area contributed by atoms with Crippen molar-refractivity contribution in [2.45, 2.75) is 17.2 Å². The highest BCUT2D eigenvalue weighted by atomic mass is 32.2. The zero-order valence-electron chi connectivity index (χ0n) is 10.4. The Kier molecular flexibility index (Phi) is 3.85. The summed E-state index contributed by atoms with van der Waals surface area (Å²) in [6.45, 7) is -1.69. The molecule has 21 heavy (non-hydrogen) atoms. The smallest absolute Gasteiger partial charge is 0.320 e. The molecule has 0 radical (unpaired) electrons. The summed E-state index contributed by atoms with van der Waals surface area (Å²) in [4.78, 5) is 2.30. The van der Waals surface area contributed by atoms with Crippen LogP contribution in [0, 0.1) is 0 Å². The van der Waals surface area contributed by atoms with Crippen LogP contribution in [-0.4, -0.2) is 32.3 Å². The lowest BCUT2D eigenvalue weighted by atomic mass is 10.2. The van der Waals surface area contributed by atoms with E-state index in [1.807, 2.05) is 0 Å². The number of H-pyrrole nitrogens is 1. The van der Waals surface area contributed by atoms with Crippen molar-refractivity contribution in [3.63, 3.8) is 0 Å². The number of nitrogens with two attached hydrogens (primary N) is 1. The van der Waals surface area contributed by atoms with E-state index in [9.17, 15) is 26.0 Å². The Balaban J connectivity index is 2.30. The van der Waals surface area contributed by atoms with Crippen molar-refractivity contribution in [2.75, 3.05) is 12.3 Å². The molecule has 1 aromatic heterocycles. The molecule has 5 nitrogen and oxygen atoms in total. The summed E-state index contributed by atoms with van der Waals surface area (Å²) < 4.78 is 74.9. The minimum Gasteiger partial charge on any atom is -0.399 e. The van der Waals surface area contributed by atoms with Gasteiger partial charge in [0.2, 0.25) is 10.0 Å². The molecule has 0 aliphatic heterocycles. The van der Waals surface area contributed by atoms with Gasteiger partial charge in [-0.1, -0.05) is 0 Å². The van der Waals surface area contributed by atoms with E-state index in [-0.39, 0.29) is 10.3 Å². The number of hydrogen-bond acceptors (Lipinski definition) is 3. The first kappa shape index (κ1) is 15.6. The number of rotatable bonds is 5. The van der Waals surface area contributed by atoms with E-state index >= 15 is 0 Å². The zero-order valence-corrected chi connectivity index (χ0v) is 11.2. The summed E-state index contributed by atoms with van der Waals surface area (Å²) in [5.41, 5.74) is 6.29. The number of fused-ring (bicyclic) bond motifs is 1. The molecular formula is C11H11F4N3O2S. The van der Waals surface area contributed by atoms with Crippen LogP contribution in [0.5, 0.6) is 0 Å². The van der Waals surface area contributed by atoms with Crippen LogP contribution < -0.4 is 10.5 Å². The number of hydrogen-bond donors (Lipinski definition) is 3. The molecule has 0 unspecified atom stereocenters. The molecule has 0 aliphatic carbocycles. The van der Waals surface area contributed by atoms with Gasteiger partial charge in [0, 0.05) is 22.8 Å². The van der Waals surface area contributed by atoms with E-state index in [0.29, 0.717) is 11.2 Å². The van der Waals surface area contributed by atoms with Gasteiger partial charge in [-0.05, 0) is 18.2 Å². The fourth-order valence-electron chi connectivity index (χ4n) is 1.69. The largest absolute Gasteiger partial charge is 0.399 e. The molecule has 0 bridgehead atoms. The standard InChI is InChI=1S/C11H11F4N3O2S/c12-10(13)11(14,15)5-18-21(19,20)9-4-17-8-3-6(16)1-2-7(8)9/h1-4,10,17-18H,5,16H2. The minimum absolute atomic E-state index is 0.220. The molecular weight excluding hydrogens is 314 g/mol. The Labute approximate surface area is 117 Å². The van der Waals surface area contributed by atoms with Crippen LogP contribution in [0.3, 0.4) is 0 Å². The second-order valence-corrected chi connectivity index (χ2v) is 6.08. The van der Waals surface area contributed by atoms with Crippen molar-refractivity contribution in [3.8, 4) is 0 Å². The lowest BCUT2D eigenvalue weighted by Crippen LogP contribution is -2.41. The van der Waals surface area contributed by atoms with Crippen molar-refractivity contribution in [1.82, 2.24) is 9.71 Å². The number of aromatic nitrogens is 1. The lowest BCUT2D eigenvalue weighted by molar-refractivity contribution is -0.122. The van der Waals surface area contributed by atoms with Crippen molar-refractivity contribution in [2.24, 2.45) is 0 Å². The number of anilines is 1. The fraction of sp³-hybridized carbons (Fsp3) is 0.273. The molecule has 0 fully saturated rings. The van der Waals surface area contributed by atoms with E-state index in [0.717, 1.165) is 6.20 Å². The van der Waals surface area contributed by atoms with Gasteiger partial charge in [0.25, 0.3) is 0 Å². The van der Waals surface area contributed by atoms with Crippen LogP contribution in [0.4, 0.5) is 23.2 Å². The maximum atomic E-state index is 12.8. The summed E-state index contributed by atoms with van der Waals surface area (Å²) in [6, 6.07) is 4.28. The number of nitrogens with one attached hydrogen (secondary N) is 2. The molecule has 2 aromatic rings. The van der Waals surface area contributed by atoms with Crippen LogP contribution in [0.25, 0.3) is 10.9 Å². The predicted octanol–water partition coefficient (Wildman–Crippen LogP) is 1.93. The van der Waals surface area contributed by atoms with E-state index < -0.39 is 28.9 Å². The van der Waals surface area contributed by atoms with Crippen molar-refractivity contribution in [1.29, 1.82) is 0 Å². The van der Waals surface area contributed by atoms with E-state index in [1.165, 1.54) is 22.9 Å². The Morgan fingerprint density at radius 1 is 1.33 bits per heavy atom. The molecule has 10 heteroatoms. The molecule has 4 N–H and O–H groups in total. The van der Waals surface area contributed by atoms with Crippen LogP contribution >= 0.6 is 0 Å². The van der Waals surface area contributed by atoms with Gasteiger partial charge in [0.1, 0.15) is 4.90 Å². The van der Waals surface area contributed by atoms with Gasteiger partial charge in [-0.25, -0.2) is 21.9 Å². The van der Waals surface area contributed by atoms with Crippen molar-refractivity contribution < 1.29 is 26.0 Å². The summed E-state index contributed by atoms with van der Waals surface area (Å²) in [5.74, 6) is -4.44. The fourth-order valence-corrected chi connectivity index (χ4v) is 2.91.